The minimum Gasteiger partial charge on any atom is -0.451 e. The van der Waals surface area contributed by atoms with E-state index in [2.05, 4.69) is 22.3 Å². The average molecular weight is 641 g/mol. The number of nitrogens with one attached hydrogen (secondary N) is 1. The first-order chi connectivity index (χ1) is 22.2. The number of halogens is 1. The van der Waals surface area contributed by atoms with Crippen LogP contribution in [0.4, 0.5) is 5.69 Å². The Bertz CT molecular complexity index is 1850. The average Bonchev–Trinajstić information content (AvgIpc) is 3.46. The Balaban J connectivity index is 1.19. The van der Waals surface area contributed by atoms with Gasteiger partial charge in [-0.1, -0.05) is 41.9 Å². The maximum Gasteiger partial charge on any atom is 0.287 e. The van der Waals surface area contributed by atoms with Crippen LogP contribution in [-0.2, 0) is 22.6 Å². The number of aryl methyl sites for hydroxylation is 2. The van der Waals surface area contributed by atoms with Crippen molar-refractivity contribution in [2.24, 2.45) is 0 Å². The predicted molar refractivity (Wildman–Crippen MR) is 178 cm³/mol. The monoisotopic (exact) mass is 640 g/mol. The van der Waals surface area contributed by atoms with Crippen molar-refractivity contribution in [3.63, 3.8) is 0 Å². The topological polar surface area (TPSA) is 103 Å². The molecule has 1 atom stereocenters. The summed E-state index contributed by atoms with van der Waals surface area (Å²) in [6, 6.07) is 19.1. The van der Waals surface area contributed by atoms with Crippen LogP contribution in [0.3, 0.4) is 0 Å². The first-order valence-electron chi connectivity index (χ1n) is 15.7. The van der Waals surface area contributed by atoms with E-state index >= 15 is 0 Å². The number of hydrogen-bond donors (Lipinski definition) is 1. The van der Waals surface area contributed by atoms with Crippen LogP contribution in [0.15, 0.2) is 75.9 Å². The van der Waals surface area contributed by atoms with E-state index in [1.54, 1.807) is 29.2 Å². The first-order valence-corrected chi connectivity index (χ1v) is 16.0. The molecule has 0 spiro atoms. The molecular formula is C36H37ClN4O5. The summed E-state index contributed by atoms with van der Waals surface area (Å²) in [6.07, 6.45) is 1.73. The fourth-order valence-electron chi connectivity index (χ4n) is 6.23. The molecule has 3 aromatic carbocycles. The summed E-state index contributed by atoms with van der Waals surface area (Å²) in [4.78, 5) is 58.6. The second-order valence-corrected chi connectivity index (χ2v) is 12.6. The molecule has 6 rings (SSSR count). The number of carbonyl (C=O) groups excluding carboxylic acids is 3. The molecule has 4 aromatic rings. The SMILES string of the molecule is Cc1cc2oc(C(=O)NC(Cc3ccc(Cl)cc3)C(=O)N3CCN(c4ccccc4CN4CCCC4=O)CC3)cc(=O)c2cc1C. The third-order valence-electron chi connectivity index (χ3n) is 8.98. The minimum atomic E-state index is -0.894. The number of para-hydroxylation sites is 1. The number of fused-ring (bicyclic) bond motifs is 1. The van der Waals surface area contributed by atoms with Crippen molar-refractivity contribution in [2.75, 3.05) is 37.6 Å². The van der Waals surface area contributed by atoms with Gasteiger partial charge in [0, 0.05) is 68.9 Å². The van der Waals surface area contributed by atoms with Crippen molar-refractivity contribution in [3.8, 4) is 0 Å². The van der Waals surface area contributed by atoms with Gasteiger partial charge in [-0.25, -0.2) is 0 Å². The van der Waals surface area contributed by atoms with E-state index in [1.807, 2.05) is 43.0 Å². The molecule has 1 aromatic heterocycles. The molecule has 3 amide bonds. The van der Waals surface area contributed by atoms with E-state index in [-0.39, 0.29) is 29.4 Å². The molecule has 46 heavy (non-hydrogen) atoms. The second-order valence-electron chi connectivity index (χ2n) is 12.1. The summed E-state index contributed by atoms with van der Waals surface area (Å²) in [5.74, 6) is -0.804. The Hall–Kier alpha value is -4.63. The lowest BCUT2D eigenvalue weighted by Crippen LogP contribution is -2.55. The Labute approximate surface area is 272 Å². The highest BCUT2D eigenvalue weighted by molar-refractivity contribution is 6.30. The second kappa shape index (κ2) is 13.4. The molecule has 10 heteroatoms. The van der Waals surface area contributed by atoms with Crippen molar-refractivity contribution in [2.45, 2.75) is 45.7 Å². The Morgan fingerprint density at radius 2 is 1.63 bits per heavy atom. The van der Waals surface area contributed by atoms with Crippen LogP contribution in [0.2, 0.25) is 5.02 Å². The summed E-state index contributed by atoms with van der Waals surface area (Å²) in [6.45, 7) is 7.32. The lowest BCUT2D eigenvalue weighted by molar-refractivity contribution is -0.133. The number of piperazine rings is 1. The van der Waals surface area contributed by atoms with Gasteiger partial charge in [-0.15, -0.1) is 0 Å². The number of hydrogen-bond acceptors (Lipinski definition) is 6. The van der Waals surface area contributed by atoms with Gasteiger partial charge >= 0.3 is 0 Å². The van der Waals surface area contributed by atoms with Gasteiger partial charge in [-0.2, -0.15) is 0 Å². The van der Waals surface area contributed by atoms with Crippen LogP contribution in [0, 0.1) is 13.8 Å². The minimum absolute atomic E-state index is 0.146. The molecule has 1 unspecified atom stereocenters. The molecule has 2 aliphatic rings. The van der Waals surface area contributed by atoms with Gasteiger partial charge < -0.3 is 24.4 Å². The van der Waals surface area contributed by atoms with Gasteiger partial charge in [0.05, 0.1) is 5.39 Å². The maximum atomic E-state index is 14.0. The van der Waals surface area contributed by atoms with E-state index in [9.17, 15) is 19.2 Å². The van der Waals surface area contributed by atoms with Crippen molar-refractivity contribution in [3.05, 3.63) is 110 Å². The maximum absolute atomic E-state index is 14.0. The standard InChI is InChI=1S/C36H37ClN4O5/c1-23-18-28-31(42)21-33(46-32(28)19-24(23)2)35(44)38-29(20-25-9-11-27(37)12-10-25)36(45)40-16-14-39(15-17-40)30-7-4-3-6-26(30)22-41-13-5-8-34(41)43/h3-4,6-7,9-12,18-19,21,29H,5,8,13-17,20,22H2,1-2H3,(H,38,44). The van der Waals surface area contributed by atoms with Crippen molar-refractivity contribution < 1.29 is 18.8 Å². The normalized spacial score (nSPS) is 15.8. The van der Waals surface area contributed by atoms with Crippen molar-refractivity contribution in [1.82, 2.24) is 15.1 Å². The molecule has 3 heterocycles. The molecule has 238 valence electrons. The number of carbonyl (C=O) groups is 3. The van der Waals surface area contributed by atoms with E-state index < -0.39 is 11.9 Å². The molecule has 2 fully saturated rings. The number of amides is 3. The first kappa shape index (κ1) is 31.4. The third kappa shape index (κ3) is 6.79. The van der Waals surface area contributed by atoms with Crippen molar-refractivity contribution in [1.29, 1.82) is 0 Å². The third-order valence-corrected chi connectivity index (χ3v) is 9.23. The van der Waals surface area contributed by atoms with E-state index in [4.69, 9.17) is 16.0 Å². The summed E-state index contributed by atoms with van der Waals surface area (Å²) in [7, 11) is 0. The van der Waals surface area contributed by atoms with E-state index in [0.717, 1.165) is 40.9 Å². The Morgan fingerprint density at radius 1 is 0.913 bits per heavy atom. The van der Waals surface area contributed by atoms with Gasteiger partial charge in [0.1, 0.15) is 11.6 Å². The fraction of sp³-hybridized carbons (Fsp3) is 0.333. The van der Waals surface area contributed by atoms with Crippen LogP contribution in [0.25, 0.3) is 11.0 Å². The number of likely N-dealkylation sites (tertiary alicyclic amines) is 1. The molecule has 2 saturated heterocycles. The zero-order valence-corrected chi connectivity index (χ0v) is 26.8. The molecule has 0 saturated carbocycles. The lowest BCUT2D eigenvalue weighted by atomic mass is 10.0. The molecule has 0 bridgehead atoms. The predicted octanol–water partition coefficient (Wildman–Crippen LogP) is 4.88. The highest BCUT2D eigenvalue weighted by Crippen LogP contribution is 2.26. The molecule has 1 N–H and O–H groups in total. The van der Waals surface area contributed by atoms with Gasteiger partial charge in [0.15, 0.2) is 11.2 Å². The number of rotatable bonds is 8. The molecular weight excluding hydrogens is 604 g/mol. The van der Waals surface area contributed by atoms with Gasteiger partial charge in [-0.05, 0) is 72.9 Å². The Kier molecular flexibility index (Phi) is 9.12. The number of benzene rings is 3. The highest BCUT2D eigenvalue weighted by Gasteiger charge is 2.31. The highest BCUT2D eigenvalue weighted by atomic mass is 35.5. The van der Waals surface area contributed by atoms with Crippen LogP contribution in [0.5, 0.6) is 0 Å². The van der Waals surface area contributed by atoms with E-state index in [1.165, 1.54) is 6.07 Å². The zero-order valence-electron chi connectivity index (χ0n) is 26.1. The molecule has 0 aliphatic carbocycles. The van der Waals surface area contributed by atoms with Gasteiger partial charge in [-0.3, -0.25) is 19.2 Å². The van der Waals surface area contributed by atoms with Gasteiger partial charge in [0.25, 0.3) is 5.91 Å². The van der Waals surface area contributed by atoms with Crippen LogP contribution in [0.1, 0.15) is 45.7 Å². The largest absolute Gasteiger partial charge is 0.451 e. The summed E-state index contributed by atoms with van der Waals surface area (Å²) in [5, 5.41) is 3.84. The summed E-state index contributed by atoms with van der Waals surface area (Å²) >= 11 is 6.10. The Morgan fingerprint density at radius 3 is 2.35 bits per heavy atom. The lowest BCUT2D eigenvalue weighted by Gasteiger charge is -2.38. The van der Waals surface area contributed by atoms with Gasteiger partial charge in [0.2, 0.25) is 11.8 Å². The zero-order chi connectivity index (χ0) is 32.4. The molecule has 0 radical (unpaired) electrons. The fourth-order valence-corrected chi connectivity index (χ4v) is 6.35. The number of nitrogens with zero attached hydrogens (tertiary/aromatic N) is 3. The molecule has 2 aliphatic heterocycles. The smallest absolute Gasteiger partial charge is 0.287 e. The van der Waals surface area contributed by atoms with E-state index in [0.29, 0.717) is 55.1 Å². The number of anilines is 1. The van der Waals surface area contributed by atoms with Crippen LogP contribution >= 0.6 is 11.6 Å². The van der Waals surface area contributed by atoms with Crippen molar-refractivity contribution >= 4 is 46.0 Å². The summed E-state index contributed by atoms with van der Waals surface area (Å²) in [5.41, 5.74) is 4.89. The van der Waals surface area contributed by atoms with Crippen LogP contribution in [-0.4, -0.2) is 66.3 Å². The molecule has 9 nitrogen and oxygen atoms in total. The van der Waals surface area contributed by atoms with Crippen LogP contribution < -0.4 is 15.6 Å². The summed E-state index contributed by atoms with van der Waals surface area (Å²) < 4.78 is 5.88. The quantitative estimate of drug-likeness (QED) is 0.295.